The van der Waals surface area contributed by atoms with Crippen LogP contribution < -0.4 is 5.32 Å². The summed E-state index contributed by atoms with van der Waals surface area (Å²) in [6.45, 7) is 10.4. The summed E-state index contributed by atoms with van der Waals surface area (Å²) in [5, 5.41) is 3.55. The Hall–Kier alpha value is -0.120. The van der Waals surface area contributed by atoms with Gasteiger partial charge in [0.1, 0.15) is 0 Å². The second-order valence-electron chi connectivity index (χ2n) is 5.19. The molecule has 1 aliphatic heterocycles. The average molecular weight is 243 g/mol. The summed E-state index contributed by atoms with van der Waals surface area (Å²) in [6.07, 6.45) is 5.06. The zero-order chi connectivity index (χ0) is 12.5. The molecule has 1 rings (SSSR count). The van der Waals surface area contributed by atoms with Crippen molar-refractivity contribution < 1.29 is 9.47 Å². The van der Waals surface area contributed by atoms with E-state index in [4.69, 9.17) is 9.47 Å². The lowest BCUT2D eigenvalue weighted by Crippen LogP contribution is -2.33. The van der Waals surface area contributed by atoms with Crippen molar-refractivity contribution in [2.75, 3.05) is 26.4 Å². The van der Waals surface area contributed by atoms with Crippen molar-refractivity contribution in [2.45, 2.75) is 58.6 Å². The maximum atomic E-state index is 5.62. The number of hydrogen-bond acceptors (Lipinski definition) is 3. The van der Waals surface area contributed by atoms with E-state index < -0.39 is 0 Å². The molecule has 0 aromatic rings. The minimum atomic E-state index is 0.363. The van der Waals surface area contributed by atoms with Crippen LogP contribution in [0.5, 0.6) is 0 Å². The molecule has 1 heterocycles. The minimum absolute atomic E-state index is 0.363. The van der Waals surface area contributed by atoms with E-state index in [2.05, 4.69) is 26.1 Å². The third kappa shape index (κ3) is 6.39. The van der Waals surface area contributed by atoms with Crippen LogP contribution in [0.4, 0.5) is 0 Å². The Morgan fingerprint density at radius 2 is 2.24 bits per heavy atom. The van der Waals surface area contributed by atoms with Gasteiger partial charge in [0.15, 0.2) is 0 Å². The molecular formula is C14H29NO2. The molecule has 1 aliphatic rings. The van der Waals surface area contributed by atoms with Crippen molar-refractivity contribution in [1.82, 2.24) is 5.32 Å². The highest BCUT2D eigenvalue weighted by molar-refractivity contribution is 4.67. The van der Waals surface area contributed by atoms with Crippen molar-refractivity contribution in [2.24, 2.45) is 5.92 Å². The van der Waals surface area contributed by atoms with E-state index in [0.717, 1.165) is 38.7 Å². The molecule has 0 spiro atoms. The van der Waals surface area contributed by atoms with Gasteiger partial charge in [0.2, 0.25) is 0 Å². The third-order valence-corrected chi connectivity index (χ3v) is 3.76. The Morgan fingerprint density at radius 1 is 1.41 bits per heavy atom. The highest BCUT2D eigenvalue weighted by Gasteiger charge is 2.15. The SMILES string of the molecule is CCC(C)C(C)NCCCOCC1CCCO1. The molecule has 0 amide bonds. The molecule has 1 saturated heterocycles. The zero-order valence-electron chi connectivity index (χ0n) is 11.7. The van der Waals surface area contributed by atoms with Gasteiger partial charge in [-0.2, -0.15) is 0 Å². The summed E-state index contributed by atoms with van der Waals surface area (Å²) in [7, 11) is 0. The maximum absolute atomic E-state index is 5.62. The fraction of sp³-hybridized carbons (Fsp3) is 1.00. The number of hydrogen-bond donors (Lipinski definition) is 1. The quantitative estimate of drug-likeness (QED) is 0.631. The Labute approximate surface area is 106 Å². The molecule has 0 radical (unpaired) electrons. The molecule has 0 aromatic heterocycles. The molecule has 3 nitrogen and oxygen atoms in total. The highest BCUT2D eigenvalue weighted by Crippen LogP contribution is 2.11. The van der Waals surface area contributed by atoms with Crippen LogP contribution in [0.1, 0.15) is 46.5 Å². The van der Waals surface area contributed by atoms with E-state index in [0.29, 0.717) is 12.1 Å². The van der Waals surface area contributed by atoms with E-state index in [1.54, 1.807) is 0 Å². The molecule has 0 saturated carbocycles. The van der Waals surface area contributed by atoms with Gasteiger partial charge in [-0.3, -0.25) is 0 Å². The van der Waals surface area contributed by atoms with Gasteiger partial charge in [0.25, 0.3) is 0 Å². The normalized spacial score (nSPS) is 23.8. The lowest BCUT2D eigenvalue weighted by molar-refractivity contribution is 0.0165. The standard InChI is InChI=1S/C14H29NO2/c1-4-12(2)13(3)15-8-6-9-16-11-14-7-5-10-17-14/h12-15H,4-11H2,1-3H3. The van der Waals surface area contributed by atoms with Gasteiger partial charge >= 0.3 is 0 Å². The molecule has 1 N–H and O–H groups in total. The topological polar surface area (TPSA) is 30.5 Å². The van der Waals surface area contributed by atoms with E-state index >= 15 is 0 Å². The van der Waals surface area contributed by atoms with Gasteiger partial charge in [-0.15, -0.1) is 0 Å². The first-order chi connectivity index (χ1) is 8.24. The molecule has 17 heavy (non-hydrogen) atoms. The number of ether oxygens (including phenoxy) is 2. The molecule has 0 bridgehead atoms. The fourth-order valence-corrected chi connectivity index (χ4v) is 2.05. The van der Waals surface area contributed by atoms with E-state index in [1.165, 1.54) is 19.3 Å². The Kier molecular flexibility index (Phi) is 7.82. The molecule has 102 valence electrons. The van der Waals surface area contributed by atoms with Gasteiger partial charge < -0.3 is 14.8 Å². The number of rotatable bonds is 9. The monoisotopic (exact) mass is 243 g/mol. The van der Waals surface area contributed by atoms with Crippen LogP contribution >= 0.6 is 0 Å². The summed E-state index contributed by atoms with van der Waals surface area (Å²) in [5.74, 6) is 0.753. The Bertz CT molecular complexity index is 181. The van der Waals surface area contributed by atoms with Crippen molar-refractivity contribution in [3.05, 3.63) is 0 Å². The molecule has 3 unspecified atom stereocenters. The lowest BCUT2D eigenvalue weighted by atomic mass is 10.0. The summed E-state index contributed by atoms with van der Waals surface area (Å²) < 4.78 is 11.1. The smallest absolute Gasteiger partial charge is 0.0809 e. The van der Waals surface area contributed by atoms with Crippen LogP contribution in [0.2, 0.25) is 0 Å². The first kappa shape index (κ1) is 14.9. The van der Waals surface area contributed by atoms with Gasteiger partial charge in [0, 0.05) is 19.3 Å². The number of nitrogens with one attached hydrogen (secondary N) is 1. The van der Waals surface area contributed by atoms with E-state index in [-0.39, 0.29) is 0 Å². The molecule has 1 fully saturated rings. The van der Waals surface area contributed by atoms with Crippen LogP contribution in [-0.4, -0.2) is 38.5 Å². The van der Waals surface area contributed by atoms with Gasteiger partial charge in [-0.1, -0.05) is 20.3 Å². The van der Waals surface area contributed by atoms with Gasteiger partial charge in [0.05, 0.1) is 12.7 Å². The fourth-order valence-electron chi connectivity index (χ4n) is 2.05. The van der Waals surface area contributed by atoms with Gasteiger partial charge in [-0.25, -0.2) is 0 Å². The second kappa shape index (κ2) is 8.90. The molecule has 3 atom stereocenters. The zero-order valence-corrected chi connectivity index (χ0v) is 11.7. The van der Waals surface area contributed by atoms with Crippen molar-refractivity contribution in [3.63, 3.8) is 0 Å². The molecule has 0 aromatic carbocycles. The highest BCUT2D eigenvalue weighted by atomic mass is 16.5. The first-order valence-electron chi connectivity index (χ1n) is 7.16. The Morgan fingerprint density at radius 3 is 2.88 bits per heavy atom. The minimum Gasteiger partial charge on any atom is -0.379 e. The largest absolute Gasteiger partial charge is 0.379 e. The molecule has 3 heteroatoms. The van der Waals surface area contributed by atoms with Crippen LogP contribution in [0, 0.1) is 5.92 Å². The first-order valence-corrected chi connectivity index (χ1v) is 7.16. The van der Waals surface area contributed by atoms with E-state index in [9.17, 15) is 0 Å². The summed E-state index contributed by atoms with van der Waals surface area (Å²) >= 11 is 0. The summed E-state index contributed by atoms with van der Waals surface area (Å²) in [4.78, 5) is 0. The second-order valence-corrected chi connectivity index (χ2v) is 5.19. The van der Waals surface area contributed by atoms with Crippen molar-refractivity contribution in [3.8, 4) is 0 Å². The van der Waals surface area contributed by atoms with Crippen LogP contribution in [0.15, 0.2) is 0 Å². The van der Waals surface area contributed by atoms with Crippen LogP contribution in [0.25, 0.3) is 0 Å². The maximum Gasteiger partial charge on any atom is 0.0809 e. The summed E-state index contributed by atoms with van der Waals surface area (Å²) in [5.41, 5.74) is 0. The third-order valence-electron chi connectivity index (χ3n) is 3.76. The lowest BCUT2D eigenvalue weighted by Gasteiger charge is -2.19. The van der Waals surface area contributed by atoms with Crippen molar-refractivity contribution in [1.29, 1.82) is 0 Å². The van der Waals surface area contributed by atoms with Crippen LogP contribution in [0.3, 0.4) is 0 Å². The molecular weight excluding hydrogens is 214 g/mol. The predicted molar refractivity (Wildman–Crippen MR) is 71.3 cm³/mol. The van der Waals surface area contributed by atoms with Crippen molar-refractivity contribution >= 4 is 0 Å². The molecule has 0 aliphatic carbocycles. The van der Waals surface area contributed by atoms with Crippen LogP contribution in [-0.2, 0) is 9.47 Å². The van der Waals surface area contributed by atoms with Gasteiger partial charge in [-0.05, 0) is 38.6 Å². The average Bonchev–Trinajstić information content (AvgIpc) is 2.85. The van der Waals surface area contributed by atoms with E-state index in [1.807, 2.05) is 0 Å². The summed E-state index contributed by atoms with van der Waals surface area (Å²) in [6, 6.07) is 0.609. The Balaban J connectivity index is 1.86. The predicted octanol–water partition coefficient (Wildman–Crippen LogP) is 2.60.